The van der Waals surface area contributed by atoms with Gasteiger partial charge in [0.2, 0.25) is 5.91 Å². The van der Waals surface area contributed by atoms with E-state index in [-0.39, 0.29) is 29.6 Å². The number of carboxylic acid groups (broad SMARTS) is 1. The second-order valence-electron chi connectivity index (χ2n) is 14.3. The summed E-state index contributed by atoms with van der Waals surface area (Å²) in [6, 6.07) is 10.6. The van der Waals surface area contributed by atoms with Gasteiger partial charge >= 0.3 is 12.1 Å². The van der Waals surface area contributed by atoms with E-state index in [1.54, 1.807) is 20.3 Å². The van der Waals surface area contributed by atoms with Crippen molar-refractivity contribution in [1.29, 1.82) is 0 Å². The largest absolute Gasteiger partial charge is 0.496 e. The van der Waals surface area contributed by atoms with Crippen LogP contribution in [0.1, 0.15) is 72.6 Å². The number of carbonyl (C=O) groups is 2. The molecule has 4 aliphatic rings. The van der Waals surface area contributed by atoms with Crippen molar-refractivity contribution in [3.63, 3.8) is 0 Å². The standard InChI is InChI=1S/C37H48F3N3O5/c1-23-16-25(8-11-34(23)48-3)30-19-42(28-6-4-5-7-28)21-32(30)35(44)43-18-26(22-47-2)31(20-43)29-10-9-27(37(38,39)40)17-33(29)41-14-12-24(13-15-41)36(45)46/h8-11,16-17,24,26,28,30-32H,4-7,12-15,18-22H2,1-3H3,(H,45,46)/t26-,30+,31+,32-/m1/s1. The second kappa shape index (κ2) is 14.3. The highest BCUT2D eigenvalue weighted by Gasteiger charge is 2.46. The summed E-state index contributed by atoms with van der Waals surface area (Å²) in [4.78, 5) is 32.6. The number of carboxylic acids is 1. The first-order valence-electron chi connectivity index (χ1n) is 17.3. The smallest absolute Gasteiger partial charge is 0.416 e. The molecule has 0 unspecified atom stereocenters. The highest BCUT2D eigenvalue weighted by Crippen LogP contribution is 2.44. The molecule has 0 aromatic heterocycles. The minimum Gasteiger partial charge on any atom is -0.496 e. The predicted molar refractivity (Wildman–Crippen MR) is 176 cm³/mol. The van der Waals surface area contributed by atoms with Crippen LogP contribution in [0.2, 0.25) is 0 Å². The molecule has 3 heterocycles. The molecule has 4 fully saturated rings. The molecule has 4 atom stereocenters. The first kappa shape index (κ1) is 34.5. The number of rotatable bonds is 9. The van der Waals surface area contributed by atoms with E-state index in [0.717, 1.165) is 47.9 Å². The zero-order valence-electron chi connectivity index (χ0n) is 28.2. The molecule has 0 bridgehead atoms. The number of anilines is 1. The number of amides is 1. The number of halogens is 3. The summed E-state index contributed by atoms with van der Waals surface area (Å²) < 4.78 is 53.0. The molecule has 3 saturated heterocycles. The van der Waals surface area contributed by atoms with Gasteiger partial charge in [0.1, 0.15) is 5.75 Å². The third-order valence-electron chi connectivity index (χ3n) is 11.4. The summed E-state index contributed by atoms with van der Waals surface area (Å²) in [6.07, 6.45) is 0.942. The summed E-state index contributed by atoms with van der Waals surface area (Å²) in [5, 5.41) is 9.52. The average molecular weight is 672 g/mol. The fourth-order valence-corrected chi connectivity index (χ4v) is 8.82. The van der Waals surface area contributed by atoms with Crippen molar-refractivity contribution in [2.24, 2.45) is 17.8 Å². The Hall–Kier alpha value is -3.31. The lowest BCUT2D eigenvalue weighted by atomic mass is 9.86. The van der Waals surface area contributed by atoms with Crippen LogP contribution in [-0.2, 0) is 20.5 Å². The molecule has 48 heavy (non-hydrogen) atoms. The van der Waals surface area contributed by atoms with Crippen molar-refractivity contribution in [3.8, 4) is 5.75 Å². The summed E-state index contributed by atoms with van der Waals surface area (Å²) in [5.74, 6) is -0.996. The molecule has 2 aromatic carbocycles. The van der Waals surface area contributed by atoms with Gasteiger partial charge in [-0.05, 0) is 67.5 Å². The number of nitrogens with zero attached hydrogens (tertiary/aromatic N) is 3. The summed E-state index contributed by atoms with van der Waals surface area (Å²) in [7, 11) is 3.27. The van der Waals surface area contributed by atoms with Gasteiger partial charge in [0, 0.05) is 75.9 Å². The molecule has 3 aliphatic heterocycles. The zero-order valence-corrected chi connectivity index (χ0v) is 28.2. The third-order valence-corrected chi connectivity index (χ3v) is 11.4. The van der Waals surface area contributed by atoms with Crippen LogP contribution in [0.15, 0.2) is 36.4 Å². The first-order chi connectivity index (χ1) is 23.0. The lowest BCUT2D eigenvalue weighted by Gasteiger charge is -2.35. The van der Waals surface area contributed by atoms with E-state index in [2.05, 4.69) is 17.0 Å². The maximum atomic E-state index is 14.6. The van der Waals surface area contributed by atoms with E-state index in [0.29, 0.717) is 63.9 Å². The van der Waals surface area contributed by atoms with Crippen LogP contribution in [0.5, 0.6) is 5.75 Å². The van der Waals surface area contributed by atoms with Crippen molar-refractivity contribution in [1.82, 2.24) is 9.80 Å². The lowest BCUT2D eigenvalue weighted by molar-refractivity contribution is -0.142. The van der Waals surface area contributed by atoms with Crippen LogP contribution >= 0.6 is 0 Å². The molecular formula is C37H48F3N3O5. The summed E-state index contributed by atoms with van der Waals surface area (Å²) >= 11 is 0. The van der Waals surface area contributed by atoms with Crippen LogP contribution in [0, 0.1) is 24.7 Å². The quantitative estimate of drug-likeness (QED) is 0.342. The molecule has 1 aliphatic carbocycles. The maximum Gasteiger partial charge on any atom is 0.416 e. The fourth-order valence-electron chi connectivity index (χ4n) is 8.82. The van der Waals surface area contributed by atoms with Crippen molar-refractivity contribution in [2.45, 2.75) is 69.5 Å². The minimum atomic E-state index is -4.52. The number of likely N-dealkylation sites (tertiary alicyclic amines) is 2. The van der Waals surface area contributed by atoms with Gasteiger partial charge < -0.3 is 24.4 Å². The Morgan fingerprint density at radius 2 is 1.65 bits per heavy atom. The molecule has 6 rings (SSSR count). The van der Waals surface area contributed by atoms with Gasteiger partial charge in [-0.3, -0.25) is 14.5 Å². The Morgan fingerprint density at radius 3 is 2.27 bits per heavy atom. The van der Waals surface area contributed by atoms with Crippen LogP contribution < -0.4 is 9.64 Å². The highest BCUT2D eigenvalue weighted by molar-refractivity contribution is 5.81. The molecule has 1 saturated carbocycles. The van der Waals surface area contributed by atoms with Crippen LogP contribution in [0.4, 0.5) is 18.9 Å². The highest BCUT2D eigenvalue weighted by atomic mass is 19.4. The topological polar surface area (TPSA) is 82.6 Å². The molecule has 1 N–H and O–H groups in total. The molecule has 1 amide bonds. The third kappa shape index (κ3) is 7.04. The Kier molecular flexibility index (Phi) is 10.3. The van der Waals surface area contributed by atoms with Gasteiger partial charge in [0.25, 0.3) is 0 Å². The van der Waals surface area contributed by atoms with E-state index < -0.39 is 23.6 Å². The number of piperidine rings is 1. The van der Waals surface area contributed by atoms with Crippen LogP contribution in [0.25, 0.3) is 0 Å². The molecule has 2 aromatic rings. The van der Waals surface area contributed by atoms with Crippen LogP contribution in [-0.4, -0.2) is 92.9 Å². The molecule has 8 nitrogen and oxygen atoms in total. The van der Waals surface area contributed by atoms with Crippen molar-refractivity contribution < 1.29 is 37.3 Å². The molecule has 262 valence electrons. The van der Waals surface area contributed by atoms with Gasteiger partial charge in [-0.2, -0.15) is 13.2 Å². The maximum absolute atomic E-state index is 14.6. The number of hydrogen-bond acceptors (Lipinski definition) is 6. The fraction of sp³-hybridized carbons (Fsp3) is 0.622. The number of aryl methyl sites for hydroxylation is 1. The van der Waals surface area contributed by atoms with E-state index in [9.17, 15) is 27.9 Å². The Morgan fingerprint density at radius 1 is 0.917 bits per heavy atom. The Labute approximate surface area is 281 Å². The van der Waals surface area contributed by atoms with E-state index in [1.807, 2.05) is 22.8 Å². The number of benzene rings is 2. The van der Waals surface area contributed by atoms with Crippen molar-refractivity contribution in [2.75, 3.05) is 65.0 Å². The minimum absolute atomic E-state index is 0.0276. The predicted octanol–water partition coefficient (Wildman–Crippen LogP) is 6.17. The van der Waals surface area contributed by atoms with E-state index in [4.69, 9.17) is 9.47 Å². The second-order valence-corrected chi connectivity index (χ2v) is 14.3. The lowest BCUT2D eigenvalue weighted by Crippen LogP contribution is -2.39. The SMILES string of the molecule is COC[C@H]1CN(C(=O)[C@@H]2CN(C3CCCC3)C[C@H]2c2ccc(OC)c(C)c2)C[C@@H]1c1ccc(C(F)(F)F)cc1N1CCC(C(=O)O)CC1. The van der Waals surface area contributed by atoms with Crippen molar-refractivity contribution >= 4 is 17.6 Å². The zero-order chi connectivity index (χ0) is 34.2. The number of alkyl halides is 3. The monoisotopic (exact) mass is 671 g/mol. The molecule has 11 heteroatoms. The van der Waals surface area contributed by atoms with Crippen LogP contribution in [0.3, 0.4) is 0 Å². The summed E-state index contributed by atoms with van der Waals surface area (Å²) in [5.41, 5.74) is 2.67. The van der Waals surface area contributed by atoms with Crippen molar-refractivity contribution in [3.05, 3.63) is 58.7 Å². The van der Waals surface area contributed by atoms with Gasteiger partial charge in [-0.1, -0.05) is 31.0 Å². The molecule has 0 spiro atoms. The van der Waals surface area contributed by atoms with Gasteiger partial charge in [-0.15, -0.1) is 0 Å². The average Bonchev–Trinajstić information content (AvgIpc) is 3.84. The Bertz CT molecular complexity index is 1470. The van der Waals surface area contributed by atoms with Gasteiger partial charge in [0.15, 0.2) is 0 Å². The van der Waals surface area contributed by atoms with E-state index in [1.165, 1.54) is 18.9 Å². The summed E-state index contributed by atoms with van der Waals surface area (Å²) in [6.45, 7) is 5.49. The number of ether oxygens (including phenoxy) is 2. The Balaban J connectivity index is 1.29. The number of aliphatic carboxylic acids is 1. The number of methoxy groups -OCH3 is 2. The number of carbonyl (C=O) groups excluding carboxylic acids is 1. The molecular weight excluding hydrogens is 623 g/mol. The van der Waals surface area contributed by atoms with Gasteiger partial charge in [0.05, 0.1) is 31.1 Å². The first-order valence-corrected chi connectivity index (χ1v) is 17.3. The van der Waals surface area contributed by atoms with E-state index >= 15 is 0 Å². The number of hydrogen-bond donors (Lipinski definition) is 1. The van der Waals surface area contributed by atoms with Gasteiger partial charge in [-0.25, -0.2) is 0 Å². The normalized spacial score (nSPS) is 26.0. The molecule has 0 radical (unpaired) electrons.